The van der Waals surface area contributed by atoms with E-state index in [-0.39, 0.29) is 18.0 Å². The molecule has 1 unspecified atom stereocenters. The van der Waals surface area contributed by atoms with Crippen molar-refractivity contribution in [3.05, 3.63) is 30.0 Å². The second kappa shape index (κ2) is 6.66. The van der Waals surface area contributed by atoms with Gasteiger partial charge in [-0.2, -0.15) is 5.10 Å². The molecule has 8 nitrogen and oxygen atoms in total. The van der Waals surface area contributed by atoms with E-state index in [1.54, 1.807) is 15.6 Å². The number of piperidine rings is 1. The van der Waals surface area contributed by atoms with E-state index in [0.717, 1.165) is 38.2 Å². The van der Waals surface area contributed by atoms with E-state index in [4.69, 9.17) is 9.47 Å². The van der Waals surface area contributed by atoms with E-state index >= 15 is 0 Å². The van der Waals surface area contributed by atoms with Crippen molar-refractivity contribution in [2.75, 3.05) is 19.7 Å². The average molecular weight is 347 g/mol. The van der Waals surface area contributed by atoms with Crippen molar-refractivity contribution in [1.29, 1.82) is 0 Å². The van der Waals surface area contributed by atoms with Gasteiger partial charge in [0.05, 0.1) is 25.5 Å². The van der Waals surface area contributed by atoms with Crippen LogP contribution in [0.15, 0.2) is 18.5 Å². The normalized spacial score (nSPS) is 19.9. The van der Waals surface area contributed by atoms with Crippen LogP contribution in [0.25, 0.3) is 0 Å². The molecule has 0 radical (unpaired) electrons. The van der Waals surface area contributed by atoms with E-state index in [1.165, 1.54) is 0 Å². The van der Waals surface area contributed by atoms with E-state index in [1.807, 2.05) is 0 Å². The van der Waals surface area contributed by atoms with Crippen molar-refractivity contribution in [1.82, 2.24) is 24.6 Å². The van der Waals surface area contributed by atoms with Gasteiger partial charge in [0.25, 0.3) is 5.91 Å². The fourth-order valence-electron chi connectivity index (χ4n) is 3.06. The van der Waals surface area contributed by atoms with Gasteiger partial charge in [0.1, 0.15) is 6.10 Å². The minimum absolute atomic E-state index is 0.117. The number of nitrogens with zero attached hydrogens (tertiary/aromatic N) is 5. The van der Waals surface area contributed by atoms with Crippen molar-refractivity contribution in [2.45, 2.75) is 31.9 Å². The molecule has 0 N–H and O–H groups in total. The summed E-state index contributed by atoms with van der Waals surface area (Å²) in [6, 6.07) is 1.81. The molecule has 0 bridgehead atoms. The number of rotatable bonds is 3. The minimum atomic E-state index is -0.515. The Balaban J connectivity index is 1.42. The van der Waals surface area contributed by atoms with Crippen molar-refractivity contribution in [2.24, 2.45) is 0 Å². The molecule has 2 aliphatic rings. The highest BCUT2D eigenvalue weighted by Gasteiger charge is 2.28. The van der Waals surface area contributed by atoms with E-state index in [2.05, 4.69) is 15.1 Å². The number of ether oxygens (including phenoxy) is 2. The Bertz CT molecular complexity index is 740. The first kappa shape index (κ1) is 15.8. The third kappa shape index (κ3) is 3.40. The van der Waals surface area contributed by atoms with Gasteiger partial charge in [-0.15, -0.1) is 0 Å². The lowest BCUT2D eigenvalue weighted by atomic mass is 10.1. The number of fused-ring (bicyclic) bond motifs is 1. The van der Waals surface area contributed by atoms with Crippen LogP contribution in [0.2, 0.25) is 0 Å². The van der Waals surface area contributed by atoms with Crippen molar-refractivity contribution in [3.63, 3.8) is 0 Å². The smallest absolute Gasteiger partial charge is 0.316 e. The van der Waals surface area contributed by atoms with Crippen LogP contribution in [-0.4, -0.2) is 56.4 Å². The van der Waals surface area contributed by atoms with Gasteiger partial charge in [-0.1, -0.05) is 0 Å². The molecule has 2 aliphatic heterocycles. The second-order valence-corrected chi connectivity index (χ2v) is 6.11. The molecule has 1 fully saturated rings. The molecule has 1 amide bonds. The molecule has 1 saturated heterocycles. The van der Waals surface area contributed by atoms with Crippen LogP contribution in [-0.2, 0) is 6.54 Å². The summed E-state index contributed by atoms with van der Waals surface area (Å²) in [4.78, 5) is 22.0. The summed E-state index contributed by atoms with van der Waals surface area (Å²) in [6.07, 6.45) is 4.37. The predicted molar refractivity (Wildman–Crippen MR) is 83.9 cm³/mol. The fraction of sp³-hybridized carbons (Fsp3) is 0.500. The maximum atomic E-state index is 12.9. The maximum absolute atomic E-state index is 12.9. The van der Waals surface area contributed by atoms with Gasteiger partial charge >= 0.3 is 6.01 Å². The molecule has 9 heteroatoms. The Morgan fingerprint density at radius 2 is 2.12 bits per heavy atom. The van der Waals surface area contributed by atoms with Crippen molar-refractivity contribution >= 4 is 5.91 Å². The molecule has 0 saturated carbocycles. The Morgan fingerprint density at radius 3 is 2.92 bits per heavy atom. The second-order valence-electron chi connectivity index (χ2n) is 6.11. The van der Waals surface area contributed by atoms with Crippen molar-refractivity contribution in [3.8, 4) is 11.9 Å². The molecular weight excluding hydrogens is 329 g/mol. The Morgan fingerprint density at radius 1 is 1.28 bits per heavy atom. The lowest BCUT2D eigenvalue weighted by molar-refractivity contribution is 0.0509. The van der Waals surface area contributed by atoms with Gasteiger partial charge in [-0.05, 0) is 12.8 Å². The van der Waals surface area contributed by atoms with Crippen LogP contribution in [0.3, 0.4) is 0 Å². The standard InChI is InChI=1S/C16H18FN5O3/c17-11-8-18-16(19-9-11)25-12-3-1-4-21(10-12)15(23)13-7-14-22(20-13)5-2-6-24-14/h7-9,12H,1-6,10H2. The van der Waals surface area contributed by atoms with Crippen LogP contribution in [0, 0.1) is 5.82 Å². The highest BCUT2D eigenvalue weighted by molar-refractivity contribution is 5.92. The number of carbonyl (C=O) groups is 1. The summed E-state index contributed by atoms with van der Waals surface area (Å²) in [5, 5.41) is 4.34. The number of hydrogen-bond donors (Lipinski definition) is 0. The summed E-state index contributed by atoms with van der Waals surface area (Å²) in [5.41, 5.74) is 0.385. The molecule has 0 aromatic carbocycles. The molecule has 4 rings (SSSR count). The average Bonchev–Trinajstić information content (AvgIpc) is 3.07. The molecule has 132 valence electrons. The van der Waals surface area contributed by atoms with Gasteiger partial charge in [-0.25, -0.2) is 19.0 Å². The number of carbonyl (C=O) groups excluding carboxylic acids is 1. The summed E-state index contributed by atoms with van der Waals surface area (Å²) >= 11 is 0. The fourth-order valence-corrected chi connectivity index (χ4v) is 3.06. The van der Waals surface area contributed by atoms with Crippen LogP contribution in [0.4, 0.5) is 4.39 Å². The number of hydrogen-bond acceptors (Lipinski definition) is 6. The zero-order chi connectivity index (χ0) is 17.2. The summed E-state index contributed by atoms with van der Waals surface area (Å²) < 4.78 is 25.8. The van der Waals surface area contributed by atoms with Crippen LogP contribution in [0.5, 0.6) is 11.9 Å². The zero-order valence-electron chi connectivity index (χ0n) is 13.6. The van der Waals surface area contributed by atoms with Crippen LogP contribution < -0.4 is 9.47 Å². The van der Waals surface area contributed by atoms with Crippen LogP contribution >= 0.6 is 0 Å². The zero-order valence-corrected chi connectivity index (χ0v) is 13.6. The number of amides is 1. The first-order valence-corrected chi connectivity index (χ1v) is 8.33. The Kier molecular flexibility index (Phi) is 4.21. The SMILES string of the molecule is O=C(c1cc2n(n1)CCCO2)N1CCCC(Oc2ncc(F)cn2)C1. The quantitative estimate of drug-likeness (QED) is 0.832. The Hall–Kier alpha value is -2.71. The van der Waals surface area contributed by atoms with E-state index in [9.17, 15) is 9.18 Å². The highest BCUT2D eigenvalue weighted by atomic mass is 19.1. The lowest BCUT2D eigenvalue weighted by Crippen LogP contribution is -2.44. The predicted octanol–water partition coefficient (Wildman–Crippen LogP) is 1.28. The molecule has 2 aromatic heterocycles. The topological polar surface area (TPSA) is 82.4 Å². The van der Waals surface area contributed by atoms with Gasteiger partial charge in [0.2, 0.25) is 5.88 Å². The van der Waals surface area contributed by atoms with Crippen molar-refractivity contribution < 1.29 is 18.7 Å². The molecular formula is C16H18FN5O3. The third-order valence-electron chi connectivity index (χ3n) is 4.26. The van der Waals surface area contributed by atoms with Gasteiger partial charge in [0, 0.05) is 25.6 Å². The molecule has 4 heterocycles. The number of halogens is 1. The number of likely N-dealkylation sites (tertiary alicyclic amines) is 1. The Labute approximate surface area is 143 Å². The largest absolute Gasteiger partial charge is 0.478 e. The molecule has 0 aliphatic carbocycles. The maximum Gasteiger partial charge on any atom is 0.316 e. The summed E-state index contributed by atoms with van der Waals surface area (Å²) in [5.74, 6) is -0.0169. The molecule has 0 spiro atoms. The van der Waals surface area contributed by atoms with Gasteiger partial charge in [0.15, 0.2) is 11.5 Å². The van der Waals surface area contributed by atoms with Crippen LogP contribution in [0.1, 0.15) is 29.8 Å². The summed E-state index contributed by atoms with van der Waals surface area (Å²) in [7, 11) is 0. The lowest BCUT2D eigenvalue weighted by Gasteiger charge is -2.31. The number of aromatic nitrogens is 4. The monoisotopic (exact) mass is 347 g/mol. The summed E-state index contributed by atoms with van der Waals surface area (Å²) in [6.45, 7) is 2.47. The third-order valence-corrected chi connectivity index (χ3v) is 4.26. The van der Waals surface area contributed by atoms with E-state index in [0.29, 0.717) is 31.3 Å². The first-order valence-electron chi connectivity index (χ1n) is 8.33. The molecule has 2 aromatic rings. The minimum Gasteiger partial charge on any atom is -0.478 e. The van der Waals surface area contributed by atoms with Gasteiger partial charge in [-0.3, -0.25) is 4.79 Å². The highest BCUT2D eigenvalue weighted by Crippen LogP contribution is 2.21. The van der Waals surface area contributed by atoms with Gasteiger partial charge < -0.3 is 14.4 Å². The molecule has 1 atom stereocenters. The first-order chi connectivity index (χ1) is 12.2. The number of aryl methyl sites for hydroxylation is 1. The molecule has 25 heavy (non-hydrogen) atoms. The van der Waals surface area contributed by atoms with E-state index < -0.39 is 5.82 Å².